The highest BCUT2D eigenvalue weighted by molar-refractivity contribution is 6.34. The Kier molecular flexibility index (Phi) is 5.78. The lowest BCUT2D eigenvalue weighted by atomic mass is 10.1. The van der Waals surface area contributed by atoms with E-state index in [0.717, 1.165) is 16.5 Å². The van der Waals surface area contributed by atoms with Crippen molar-refractivity contribution in [1.29, 1.82) is 0 Å². The van der Waals surface area contributed by atoms with Gasteiger partial charge in [0, 0.05) is 11.1 Å². The number of fused-ring (bicyclic) bond motifs is 1. The van der Waals surface area contributed by atoms with E-state index in [1.54, 1.807) is 43.5 Å². The van der Waals surface area contributed by atoms with Crippen LogP contribution in [0.25, 0.3) is 10.9 Å². The number of hydrogen-bond acceptors (Lipinski definition) is 3. The molecule has 1 heterocycles. The maximum absolute atomic E-state index is 13.5. The number of ether oxygens (including phenoxy) is 1. The molecule has 0 saturated heterocycles. The van der Waals surface area contributed by atoms with Crippen molar-refractivity contribution >= 4 is 34.1 Å². The van der Waals surface area contributed by atoms with E-state index in [1.807, 2.05) is 43.3 Å². The van der Waals surface area contributed by atoms with Crippen LogP contribution in [-0.4, -0.2) is 18.0 Å². The van der Waals surface area contributed by atoms with Crippen LogP contribution in [0.2, 0.25) is 5.02 Å². The maximum Gasteiger partial charge on any atom is 0.260 e. The van der Waals surface area contributed by atoms with Crippen LogP contribution in [0.15, 0.2) is 77.6 Å². The minimum atomic E-state index is -0.321. The smallest absolute Gasteiger partial charge is 0.260 e. The molecule has 3 aromatic carbocycles. The molecule has 0 saturated carbocycles. The molecule has 156 valence electrons. The predicted octanol–water partition coefficient (Wildman–Crippen LogP) is 5.35. The van der Waals surface area contributed by atoms with Gasteiger partial charge in [-0.1, -0.05) is 47.5 Å². The lowest BCUT2D eigenvalue weighted by Gasteiger charge is -2.25. The second kappa shape index (κ2) is 8.66. The van der Waals surface area contributed by atoms with Crippen LogP contribution in [0.5, 0.6) is 5.75 Å². The third-order valence-corrected chi connectivity index (χ3v) is 5.46. The number of amides is 1. The largest absolute Gasteiger partial charge is 0.495 e. The number of halogens is 1. The fourth-order valence-electron chi connectivity index (χ4n) is 3.56. The molecular weight excluding hydrogens is 412 g/mol. The second-order valence-corrected chi connectivity index (χ2v) is 7.66. The van der Waals surface area contributed by atoms with Gasteiger partial charge >= 0.3 is 0 Å². The molecule has 0 spiro atoms. The van der Waals surface area contributed by atoms with Gasteiger partial charge < -0.3 is 14.6 Å². The molecule has 1 amide bonds. The van der Waals surface area contributed by atoms with E-state index < -0.39 is 0 Å². The van der Waals surface area contributed by atoms with E-state index in [-0.39, 0.29) is 18.0 Å². The van der Waals surface area contributed by atoms with Crippen LogP contribution in [0.3, 0.4) is 0 Å². The number of para-hydroxylation sites is 2. The highest BCUT2D eigenvalue weighted by Gasteiger charge is 2.24. The van der Waals surface area contributed by atoms with Gasteiger partial charge in [-0.15, -0.1) is 0 Å². The third kappa shape index (κ3) is 4.18. The number of rotatable bonds is 5. The van der Waals surface area contributed by atoms with Crippen molar-refractivity contribution < 1.29 is 9.53 Å². The minimum Gasteiger partial charge on any atom is -0.495 e. The first kappa shape index (κ1) is 20.7. The standard InChI is InChI=1S/C25H21ClN2O3/c1-16-11-12-21-17(13-16)14-18(24(29)27-21)15-28(22-9-5-6-10-23(22)31-2)25(30)19-7-3-4-8-20(19)26/h3-14H,15H2,1-2H3,(H,27,29). The van der Waals surface area contributed by atoms with Gasteiger partial charge in [-0.3, -0.25) is 9.59 Å². The molecule has 5 nitrogen and oxygen atoms in total. The SMILES string of the molecule is COc1ccccc1N(Cc1cc2cc(C)ccc2[nH]c1=O)C(=O)c1ccccc1Cl. The van der Waals surface area contributed by atoms with Gasteiger partial charge in [0.25, 0.3) is 11.5 Å². The number of aromatic amines is 1. The topological polar surface area (TPSA) is 62.4 Å². The van der Waals surface area contributed by atoms with Crippen molar-refractivity contribution in [3.05, 3.63) is 105 Å². The Morgan fingerprint density at radius 2 is 1.77 bits per heavy atom. The monoisotopic (exact) mass is 432 g/mol. The molecular formula is C25H21ClN2O3. The van der Waals surface area contributed by atoms with Crippen molar-refractivity contribution in [2.45, 2.75) is 13.5 Å². The number of H-pyrrole nitrogens is 1. The zero-order valence-electron chi connectivity index (χ0n) is 17.2. The molecule has 0 bridgehead atoms. The van der Waals surface area contributed by atoms with Crippen molar-refractivity contribution in [3.63, 3.8) is 0 Å². The summed E-state index contributed by atoms with van der Waals surface area (Å²) in [5.41, 5.74) is 2.95. The average molecular weight is 433 g/mol. The number of anilines is 1. The average Bonchev–Trinajstić information content (AvgIpc) is 2.78. The molecule has 31 heavy (non-hydrogen) atoms. The van der Waals surface area contributed by atoms with E-state index in [2.05, 4.69) is 4.98 Å². The first-order chi connectivity index (χ1) is 15.0. The zero-order valence-corrected chi connectivity index (χ0v) is 17.9. The summed E-state index contributed by atoms with van der Waals surface area (Å²) in [6.45, 7) is 2.05. The summed E-state index contributed by atoms with van der Waals surface area (Å²) < 4.78 is 5.48. The number of nitrogens with one attached hydrogen (secondary N) is 1. The highest BCUT2D eigenvalue weighted by Crippen LogP contribution is 2.31. The highest BCUT2D eigenvalue weighted by atomic mass is 35.5. The number of carbonyl (C=O) groups is 1. The number of nitrogens with zero attached hydrogens (tertiary/aromatic N) is 1. The summed E-state index contributed by atoms with van der Waals surface area (Å²) in [4.78, 5) is 30.8. The normalized spacial score (nSPS) is 10.8. The number of carbonyl (C=O) groups excluding carboxylic acids is 1. The maximum atomic E-state index is 13.5. The summed E-state index contributed by atoms with van der Waals surface area (Å²) >= 11 is 6.31. The van der Waals surface area contributed by atoms with Crippen LogP contribution in [0.4, 0.5) is 5.69 Å². The van der Waals surface area contributed by atoms with E-state index in [9.17, 15) is 9.59 Å². The number of pyridine rings is 1. The molecule has 0 aliphatic carbocycles. The van der Waals surface area contributed by atoms with Gasteiger partial charge in [-0.25, -0.2) is 0 Å². The molecule has 1 aromatic heterocycles. The van der Waals surface area contributed by atoms with Crippen LogP contribution in [-0.2, 0) is 6.54 Å². The molecule has 0 aliphatic rings. The molecule has 0 atom stereocenters. The van der Waals surface area contributed by atoms with Crippen LogP contribution in [0.1, 0.15) is 21.5 Å². The van der Waals surface area contributed by atoms with Crippen molar-refractivity contribution in [2.75, 3.05) is 12.0 Å². The molecule has 0 unspecified atom stereocenters. The van der Waals surface area contributed by atoms with Crippen LogP contribution >= 0.6 is 11.6 Å². The molecule has 4 rings (SSSR count). The number of methoxy groups -OCH3 is 1. The number of aryl methyl sites for hydroxylation is 1. The first-order valence-corrected chi connectivity index (χ1v) is 10.2. The van der Waals surface area contributed by atoms with Gasteiger partial charge in [-0.2, -0.15) is 0 Å². The van der Waals surface area contributed by atoms with E-state index in [0.29, 0.717) is 27.6 Å². The lowest BCUT2D eigenvalue weighted by molar-refractivity contribution is 0.0984. The Balaban J connectivity index is 1.84. The van der Waals surface area contributed by atoms with Crippen LogP contribution < -0.4 is 15.2 Å². The molecule has 6 heteroatoms. The Morgan fingerprint density at radius 1 is 1.03 bits per heavy atom. The Morgan fingerprint density at radius 3 is 2.55 bits per heavy atom. The van der Waals surface area contributed by atoms with Crippen molar-refractivity contribution in [2.24, 2.45) is 0 Å². The fraction of sp³-hybridized carbons (Fsp3) is 0.120. The van der Waals surface area contributed by atoms with Gasteiger partial charge in [0.05, 0.1) is 29.9 Å². The summed E-state index contributed by atoms with van der Waals surface area (Å²) in [6.07, 6.45) is 0. The Hall–Kier alpha value is -3.57. The minimum absolute atomic E-state index is 0.0592. The summed E-state index contributed by atoms with van der Waals surface area (Å²) in [5, 5.41) is 1.25. The number of hydrogen-bond donors (Lipinski definition) is 1. The van der Waals surface area contributed by atoms with Gasteiger partial charge in [0.15, 0.2) is 0 Å². The van der Waals surface area contributed by atoms with Gasteiger partial charge in [-0.05, 0) is 54.8 Å². The number of benzene rings is 3. The summed E-state index contributed by atoms with van der Waals surface area (Å²) in [5.74, 6) is 0.204. The van der Waals surface area contributed by atoms with E-state index in [1.165, 1.54) is 4.90 Å². The predicted molar refractivity (Wildman–Crippen MR) is 124 cm³/mol. The fourth-order valence-corrected chi connectivity index (χ4v) is 3.77. The molecule has 4 aromatic rings. The third-order valence-electron chi connectivity index (χ3n) is 5.13. The lowest BCUT2D eigenvalue weighted by Crippen LogP contribution is -2.33. The Labute approximate surface area is 184 Å². The Bertz CT molecular complexity index is 1330. The van der Waals surface area contributed by atoms with Gasteiger partial charge in [0.2, 0.25) is 0 Å². The van der Waals surface area contributed by atoms with E-state index in [4.69, 9.17) is 16.3 Å². The second-order valence-electron chi connectivity index (χ2n) is 7.26. The van der Waals surface area contributed by atoms with Crippen molar-refractivity contribution in [3.8, 4) is 5.75 Å². The van der Waals surface area contributed by atoms with E-state index >= 15 is 0 Å². The first-order valence-electron chi connectivity index (χ1n) is 9.80. The molecule has 0 radical (unpaired) electrons. The zero-order chi connectivity index (χ0) is 22.0. The van der Waals surface area contributed by atoms with Gasteiger partial charge in [0.1, 0.15) is 5.75 Å². The van der Waals surface area contributed by atoms with Crippen molar-refractivity contribution in [1.82, 2.24) is 4.98 Å². The summed E-state index contributed by atoms with van der Waals surface area (Å²) in [7, 11) is 1.54. The molecule has 1 N–H and O–H groups in total. The van der Waals surface area contributed by atoms with Crippen LogP contribution in [0, 0.1) is 6.92 Å². The molecule has 0 fully saturated rings. The summed E-state index contributed by atoms with van der Waals surface area (Å²) in [6, 6.07) is 21.7. The quantitative estimate of drug-likeness (QED) is 0.462. The number of aromatic nitrogens is 1. The molecule has 0 aliphatic heterocycles.